The third kappa shape index (κ3) is 12.7. The van der Waals surface area contributed by atoms with Gasteiger partial charge < -0.3 is 5.73 Å². The number of anilines is 1. The first kappa shape index (κ1) is 28.2. The SMILES string of the molecule is CC(C)c1ccc(N)cc1.CC1=CC=CC1.CCC1=CCC=C1.Cc1cccc(C(C)C)c1. The minimum absolute atomic E-state index is 0.598. The molecule has 0 unspecified atom stereocenters. The summed E-state index contributed by atoms with van der Waals surface area (Å²) in [4.78, 5) is 0. The van der Waals surface area contributed by atoms with Crippen LogP contribution in [0.4, 0.5) is 5.69 Å². The van der Waals surface area contributed by atoms with E-state index in [1.54, 1.807) is 0 Å². The molecule has 0 spiro atoms. The number of nitrogen functional groups attached to an aromatic ring is 1. The summed E-state index contributed by atoms with van der Waals surface area (Å²) in [5.41, 5.74) is 13.4. The molecule has 0 aliphatic heterocycles. The molecule has 0 bridgehead atoms. The molecule has 0 fully saturated rings. The van der Waals surface area contributed by atoms with Crippen molar-refractivity contribution in [3.8, 4) is 0 Å². The van der Waals surface area contributed by atoms with Gasteiger partial charge in [-0.05, 0) is 68.2 Å². The van der Waals surface area contributed by atoms with Crippen molar-refractivity contribution in [3.63, 3.8) is 0 Å². The van der Waals surface area contributed by atoms with E-state index >= 15 is 0 Å². The highest BCUT2D eigenvalue weighted by atomic mass is 14.5. The van der Waals surface area contributed by atoms with Gasteiger partial charge in [0.05, 0.1) is 0 Å². The van der Waals surface area contributed by atoms with Gasteiger partial charge >= 0.3 is 0 Å². The third-order valence-electron chi connectivity index (χ3n) is 5.52. The van der Waals surface area contributed by atoms with Crippen LogP contribution >= 0.6 is 0 Å². The van der Waals surface area contributed by atoms with Crippen LogP contribution in [0.5, 0.6) is 0 Å². The predicted octanol–water partition coefficient (Wildman–Crippen LogP) is 9.69. The van der Waals surface area contributed by atoms with E-state index in [1.165, 1.54) is 40.7 Å². The van der Waals surface area contributed by atoms with Crippen molar-refractivity contribution in [2.24, 2.45) is 0 Å². The Bertz CT molecular complexity index is 921. The first-order valence-electron chi connectivity index (χ1n) is 12.3. The van der Waals surface area contributed by atoms with Gasteiger partial charge in [0.2, 0.25) is 0 Å². The van der Waals surface area contributed by atoms with Crippen LogP contribution in [0.2, 0.25) is 0 Å². The van der Waals surface area contributed by atoms with Crippen LogP contribution in [-0.2, 0) is 0 Å². The Kier molecular flexibility index (Phi) is 13.6. The predicted molar refractivity (Wildman–Crippen MR) is 150 cm³/mol. The zero-order valence-corrected chi connectivity index (χ0v) is 21.9. The lowest BCUT2D eigenvalue weighted by Gasteiger charge is -2.04. The highest BCUT2D eigenvalue weighted by molar-refractivity contribution is 5.40. The van der Waals surface area contributed by atoms with Gasteiger partial charge in [-0.25, -0.2) is 0 Å². The van der Waals surface area contributed by atoms with Crippen LogP contribution in [0.25, 0.3) is 0 Å². The van der Waals surface area contributed by atoms with E-state index in [2.05, 4.69) is 121 Å². The first-order chi connectivity index (χ1) is 15.7. The van der Waals surface area contributed by atoms with Gasteiger partial charge in [-0.15, -0.1) is 0 Å². The molecule has 2 aromatic rings. The van der Waals surface area contributed by atoms with E-state index in [0.29, 0.717) is 11.8 Å². The minimum Gasteiger partial charge on any atom is -0.399 e. The van der Waals surface area contributed by atoms with E-state index in [-0.39, 0.29) is 0 Å². The Hall–Kier alpha value is -2.80. The van der Waals surface area contributed by atoms with Crippen molar-refractivity contribution in [3.05, 3.63) is 113 Å². The molecule has 4 rings (SSSR count). The van der Waals surface area contributed by atoms with Gasteiger partial charge in [-0.1, -0.05) is 124 Å². The van der Waals surface area contributed by atoms with Crippen LogP contribution in [0, 0.1) is 6.92 Å². The molecule has 2 aromatic carbocycles. The Morgan fingerprint density at radius 3 is 1.85 bits per heavy atom. The lowest BCUT2D eigenvalue weighted by Crippen LogP contribution is -1.88. The minimum atomic E-state index is 0.598. The molecule has 2 N–H and O–H groups in total. The Morgan fingerprint density at radius 2 is 1.52 bits per heavy atom. The summed E-state index contributed by atoms with van der Waals surface area (Å²) >= 11 is 0. The van der Waals surface area contributed by atoms with Gasteiger partial charge in [-0.3, -0.25) is 0 Å². The van der Waals surface area contributed by atoms with Crippen LogP contribution < -0.4 is 5.73 Å². The summed E-state index contributed by atoms with van der Waals surface area (Å²) in [6.45, 7) is 15.2. The molecule has 0 saturated heterocycles. The van der Waals surface area contributed by atoms with E-state index in [4.69, 9.17) is 5.73 Å². The monoisotopic (exact) mass is 443 g/mol. The highest BCUT2D eigenvalue weighted by Gasteiger charge is 1.97. The first-order valence-corrected chi connectivity index (χ1v) is 12.3. The summed E-state index contributed by atoms with van der Waals surface area (Å²) < 4.78 is 0. The zero-order chi connectivity index (χ0) is 24.6. The fourth-order valence-electron chi connectivity index (χ4n) is 3.23. The topological polar surface area (TPSA) is 26.0 Å². The van der Waals surface area contributed by atoms with Crippen LogP contribution in [0.3, 0.4) is 0 Å². The zero-order valence-electron chi connectivity index (χ0n) is 21.9. The lowest BCUT2D eigenvalue weighted by molar-refractivity contribution is 0.865. The Labute approximate surface area is 203 Å². The second kappa shape index (κ2) is 15.9. The van der Waals surface area contributed by atoms with E-state index in [0.717, 1.165) is 12.1 Å². The van der Waals surface area contributed by atoms with Crippen LogP contribution in [0.1, 0.15) is 89.3 Å². The van der Waals surface area contributed by atoms with E-state index in [9.17, 15) is 0 Å². The molecule has 1 nitrogen and oxygen atoms in total. The van der Waals surface area contributed by atoms with Gasteiger partial charge in [0.25, 0.3) is 0 Å². The average Bonchev–Trinajstić information content (AvgIpc) is 3.49. The Morgan fingerprint density at radius 1 is 0.848 bits per heavy atom. The Balaban J connectivity index is 0.000000225. The average molecular weight is 444 g/mol. The van der Waals surface area contributed by atoms with Gasteiger partial charge in [0, 0.05) is 5.69 Å². The second-order valence-corrected chi connectivity index (χ2v) is 9.31. The number of benzene rings is 2. The molecule has 0 saturated carbocycles. The second-order valence-electron chi connectivity index (χ2n) is 9.31. The van der Waals surface area contributed by atoms with Crippen molar-refractivity contribution in [1.82, 2.24) is 0 Å². The molecule has 0 atom stereocenters. The molecule has 0 aromatic heterocycles. The highest BCUT2D eigenvalue weighted by Crippen LogP contribution is 2.15. The molecule has 0 radical (unpaired) electrons. The fraction of sp³-hybridized carbons (Fsp3) is 0.375. The summed E-state index contributed by atoms with van der Waals surface area (Å²) in [6, 6.07) is 16.7. The maximum Gasteiger partial charge on any atom is 0.0314 e. The number of aryl methyl sites for hydroxylation is 1. The van der Waals surface area contributed by atoms with Crippen molar-refractivity contribution in [2.75, 3.05) is 5.73 Å². The number of allylic oxidation sites excluding steroid dienone is 8. The maximum absolute atomic E-state index is 5.53. The number of rotatable bonds is 3. The summed E-state index contributed by atoms with van der Waals surface area (Å²) in [7, 11) is 0. The molecular weight excluding hydrogens is 398 g/mol. The molecule has 178 valence electrons. The largest absolute Gasteiger partial charge is 0.399 e. The van der Waals surface area contributed by atoms with Crippen LogP contribution in [-0.4, -0.2) is 0 Å². The standard InChI is InChI=1S/C10H14.C9H13N.C7H10.C6H8/c1-8(2)10-6-4-5-9(3)7-10;1-7(2)8-3-5-9(10)6-4-8;1-2-7-5-3-4-6-7;1-6-4-2-3-5-6/h4-8H,1-3H3;3-7H,10H2,1-2H3;3,5-6H,2,4H2,1H3;2-4H,5H2,1H3. The lowest BCUT2D eigenvalue weighted by atomic mass is 10.0. The quantitative estimate of drug-likeness (QED) is 0.469. The molecule has 2 aliphatic rings. The van der Waals surface area contributed by atoms with Crippen molar-refractivity contribution in [2.45, 2.75) is 79.6 Å². The molecular formula is C32H45N. The van der Waals surface area contributed by atoms with Crippen LogP contribution in [0.15, 0.2) is 96.1 Å². The van der Waals surface area contributed by atoms with Gasteiger partial charge in [0.1, 0.15) is 0 Å². The molecule has 2 aliphatic carbocycles. The van der Waals surface area contributed by atoms with Crippen molar-refractivity contribution < 1.29 is 0 Å². The summed E-state index contributed by atoms with van der Waals surface area (Å²) in [6.07, 6.45) is 16.6. The molecule has 33 heavy (non-hydrogen) atoms. The smallest absolute Gasteiger partial charge is 0.0314 e. The molecule has 0 amide bonds. The maximum atomic E-state index is 5.53. The van der Waals surface area contributed by atoms with Crippen molar-refractivity contribution in [1.29, 1.82) is 0 Å². The van der Waals surface area contributed by atoms with Crippen molar-refractivity contribution >= 4 is 5.69 Å². The number of hydrogen-bond donors (Lipinski definition) is 1. The van der Waals surface area contributed by atoms with Gasteiger partial charge in [0.15, 0.2) is 0 Å². The molecule has 1 heteroatoms. The van der Waals surface area contributed by atoms with E-state index in [1.807, 2.05) is 12.1 Å². The van der Waals surface area contributed by atoms with E-state index < -0.39 is 0 Å². The number of hydrogen-bond acceptors (Lipinski definition) is 1. The fourth-order valence-corrected chi connectivity index (χ4v) is 3.23. The normalized spacial score (nSPS) is 13.4. The third-order valence-corrected chi connectivity index (χ3v) is 5.52. The molecule has 0 heterocycles. The summed E-state index contributed by atoms with van der Waals surface area (Å²) in [5, 5.41) is 0. The van der Waals surface area contributed by atoms with Gasteiger partial charge in [-0.2, -0.15) is 0 Å². The summed E-state index contributed by atoms with van der Waals surface area (Å²) in [5.74, 6) is 1.25. The number of nitrogens with two attached hydrogens (primary N) is 1.